The van der Waals surface area contributed by atoms with Crippen LogP contribution in [-0.2, 0) is 0 Å². The van der Waals surface area contributed by atoms with Gasteiger partial charge in [0, 0.05) is 12.4 Å². The van der Waals surface area contributed by atoms with Crippen LogP contribution in [0.25, 0.3) is 0 Å². The van der Waals surface area contributed by atoms with Crippen LogP contribution in [0.5, 0.6) is 0 Å². The Balaban J connectivity index is -0.000000218. The van der Waals surface area contributed by atoms with E-state index in [1.165, 1.54) is 0 Å². The normalized spacial score (nSPS) is 9.15. The quantitative estimate of drug-likeness (QED) is 0.452. The lowest BCUT2D eigenvalue weighted by Gasteiger charge is -1.81. The summed E-state index contributed by atoms with van der Waals surface area (Å²) in [6, 6.07) is 0. The van der Waals surface area contributed by atoms with Crippen molar-refractivity contribution in [1.29, 1.82) is 0 Å². The molecule has 0 unspecified atom stereocenters. The first-order valence-electron chi connectivity index (χ1n) is 4.74. The molecule has 0 radical (unpaired) electrons. The molecule has 0 fully saturated rings. The van der Waals surface area contributed by atoms with Gasteiger partial charge in [0.25, 0.3) is 0 Å². The minimum Gasteiger partial charge on any atom is -0.264 e. The van der Waals surface area contributed by atoms with Crippen molar-refractivity contribution in [2.45, 2.75) is 34.6 Å². The van der Waals surface area contributed by atoms with E-state index in [9.17, 15) is 0 Å². The number of allylic oxidation sites excluding steroid dienone is 3. The highest BCUT2D eigenvalue weighted by Gasteiger charge is 1.71. The van der Waals surface area contributed by atoms with Crippen molar-refractivity contribution in [3.63, 3.8) is 0 Å². The molecule has 13 heavy (non-hydrogen) atoms. The largest absolute Gasteiger partial charge is 0.264 e. The molecule has 1 nitrogen and oxygen atoms in total. The third-order valence-corrected chi connectivity index (χ3v) is 0.792. The van der Waals surface area contributed by atoms with Crippen LogP contribution in [0.1, 0.15) is 34.6 Å². The summed E-state index contributed by atoms with van der Waals surface area (Å²) in [6.45, 7) is 17.0. The van der Waals surface area contributed by atoms with Gasteiger partial charge < -0.3 is 0 Å². The van der Waals surface area contributed by atoms with Crippen LogP contribution >= 0.6 is 0 Å². The van der Waals surface area contributed by atoms with Gasteiger partial charge in [0.1, 0.15) is 0 Å². The Labute approximate surface area is 83.6 Å². The van der Waals surface area contributed by atoms with Crippen molar-refractivity contribution < 1.29 is 0 Å². The molecule has 0 spiro atoms. The molecular formula is C12H23N. The smallest absolute Gasteiger partial charge is 0.0296 e. The average molecular weight is 181 g/mol. The Morgan fingerprint density at radius 2 is 1.54 bits per heavy atom. The molecule has 0 amide bonds. The second-order valence-electron chi connectivity index (χ2n) is 1.61. The molecule has 76 valence electrons. The van der Waals surface area contributed by atoms with Gasteiger partial charge in [0.05, 0.1) is 0 Å². The van der Waals surface area contributed by atoms with Crippen molar-refractivity contribution in [3.05, 3.63) is 37.1 Å². The number of nitrogens with zero attached hydrogens (tertiary/aromatic N) is 1. The monoisotopic (exact) mass is 181 g/mol. The molecule has 0 saturated carbocycles. The molecule has 0 heterocycles. The second kappa shape index (κ2) is 22.4. The summed E-state index contributed by atoms with van der Waals surface area (Å²) in [5, 5.41) is 0. The molecule has 0 rings (SSSR count). The van der Waals surface area contributed by atoms with Gasteiger partial charge in [-0.3, -0.25) is 4.99 Å². The van der Waals surface area contributed by atoms with E-state index in [0.717, 1.165) is 5.57 Å². The van der Waals surface area contributed by atoms with Gasteiger partial charge in [-0.15, -0.1) is 0 Å². The zero-order valence-electron chi connectivity index (χ0n) is 9.67. The first-order chi connectivity index (χ1) is 6.31. The molecule has 0 N–H and O–H groups in total. The van der Waals surface area contributed by atoms with Gasteiger partial charge in [0.2, 0.25) is 0 Å². The van der Waals surface area contributed by atoms with E-state index in [-0.39, 0.29) is 0 Å². The van der Waals surface area contributed by atoms with E-state index >= 15 is 0 Å². The van der Waals surface area contributed by atoms with Crippen LogP contribution < -0.4 is 0 Å². The van der Waals surface area contributed by atoms with Crippen molar-refractivity contribution >= 4 is 6.21 Å². The van der Waals surface area contributed by atoms with E-state index in [4.69, 9.17) is 0 Å². The summed E-state index contributed by atoms with van der Waals surface area (Å²) in [4.78, 5) is 3.88. The Bertz CT molecular complexity index is 153. The standard InChI is InChI=1S/C8H11N.2C2H6/c1-4-6-9-7-8(3)5-2;2*1-2/h4-7H,1-2H2,3H3;2*1-2H3/b8-7-,9-6?;;. The summed E-state index contributed by atoms with van der Waals surface area (Å²) in [5.74, 6) is 0. The van der Waals surface area contributed by atoms with Gasteiger partial charge in [-0.25, -0.2) is 0 Å². The molecule has 0 saturated heterocycles. The van der Waals surface area contributed by atoms with Crippen LogP contribution in [0, 0.1) is 0 Å². The topological polar surface area (TPSA) is 12.4 Å². The highest BCUT2D eigenvalue weighted by molar-refractivity contribution is 5.70. The predicted octanol–water partition coefficient (Wildman–Crippen LogP) is 4.39. The van der Waals surface area contributed by atoms with E-state index < -0.39 is 0 Å². The fraction of sp³-hybridized carbons (Fsp3) is 0.417. The lowest BCUT2D eigenvalue weighted by molar-refractivity contribution is 1.44. The summed E-state index contributed by atoms with van der Waals surface area (Å²) >= 11 is 0. The van der Waals surface area contributed by atoms with Crippen LogP contribution in [0.3, 0.4) is 0 Å². The predicted molar refractivity (Wildman–Crippen MR) is 65.3 cm³/mol. The second-order valence-corrected chi connectivity index (χ2v) is 1.61. The minimum absolute atomic E-state index is 1.05. The highest BCUT2D eigenvalue weighted by atomic mass is 14.7. The van der Waals surface area contributed by atoms with Crippen molar-refractivity contribution in [2.75, 3.05) is 0 Å². The Hall–Kier alpha value is -1.11. The molecule has 0 atom stereocenters. The summed E-state index contributed by atoms with van der Waals surface area (Å²) < 4.78 is 0. The molecular weight excluding hydrogens is 158 g/mol. The molecule has 0 aliphatic rings. The van der Waals surface area contributed by atoms with Crippen molar-refractivity contribution in [3.8, 4) is 0 Å². The molecule has 1 heteroatoms. The van der Waals surface area contributed by atoms with E-state index in [0.29, 0.717) is 0 Å². The number of rotatable bonds is 3. The molecule has 0 aromatic carbocycles. The molecule has 0 aromatic rings. The Morgan fingerprint density at radius 3 is 1.85 bits per heavy atom. The summed E-state index contributed by atoms with van der Waals surface area (Å²) in [7, 11) is 0. The first-order valence-corrected chi connectivity index (χ1v) is 4.74. The lowest BCUT2D eigenvalue weighted by atomic mass is 10.3. The Kier molecular flexibility index (Phi) is 30.8. The van der Waals surface area contributed by atoms with Crippen LogP contribution in [0.4, 0.5) is 0 Å². The maximum atomic E-state index is 3.88. The fourth-order valence-electron chi connectivity index (χ4n) is 0.274. The third-order valence-electron chi connectivity index (χ3n) is 0.792. The SMILES string of the molecule is C=CC=N/C=C(/C)C=C.CC.CC. The third kappa shape index (κ3) is 24.8. The molecule has 0 aliphatic carbocycles. The van der Waals surface area contributed by atoms with E-state index in [1.807, 2.05) is 34.6 Å². The van der Waals surface area contributed by atoms with Crippen molar-refractivity contribution in [1.82, 2.24) is 0 Å². The number of hydrogen-bond acceptors (Lipinski definition) is 1. The molecule has 0 aliphatic heterocycles. The lowest BCUT2D eigenvalue weighted by Crippen LogP contribution is -1.63. The maximum Gasteiger partial charge on any atom is 0.0296 e. The zero-order valence-corrected chi connectivity index (χ0v) is 9.67. The Morgan fingerprint density at radius 1 is 1.08 bits per heavy atom. The highest BCUT2D eigenvalue weighted by Crippen LogP contribution is 1.90. The first kappa shape index (κ1) is 17.8. The number of aliphatic imine (C=N–C) groups is 1. The van der Waals surface area contributed by atoms with Gasteiger partial charge in [-0.05, 0) is 12.5 Å². The van der Waals surface area contributed by atoms with E-state index in [1.54, 1.807) is 24.6 Å². The van der Waals surface area contributed by atoms with Gasteiger partial charge in [-0.1, -0.05) is 53.0 Å². The van der Waals surface area contributed by atoms with Crippen molar-refractivity contribution in [2.24, 2.45) is 4.99 Å². The van der Waals surface area contributed by atoms with E-state index in [2.05, 4.69) is 18.2 Å². The van der Waals surface area contributed by atoms with Gasteiger partial charge in [0.15, 0.2) is 0 Å². The minimum atomic E-state index is 1.05. The summed E-state index contributed by atoms with van der Waals surface area (Å²) in [5.41, 5.74) is 1.05. The maximum absolute atomic E-state index is 3.88. The van der Waals surface area contributed by atoms with Gasteiger partial charge in [-0.2, -0.15) is 0 Å². The summed E-state index contributed by atoms with van der Waals surface area (Å²) in [6.07, 6.45) is 6.75. The molecule has 0 bridgehead atoms. The fourth-order valence-corrected chi connectivity index (χ4v) is 0.274. The average Bonchev–Trinajstić information content (AvgIpc) is 2.24. The van der Waals surface area contributed by atoms with Gasteiger partial charge >= 0.3 is 0 Å². The molecule has 0 aromatic heterocycles. The van der Waals surface area contributed by atoms with Crippen LogP contribution in [0.2, 0.25) is 0 Å². The van der Waals surface area contributed by atoms with Crippen LogP contribution in [-0.4, -0.2) is 6.21 Å². The van der Waals surface area contributed by atoms with Crippen LogP contribution in [0.15, 0.2) is 42.1 Å². The number of hydrogen-bond donors (Lipinski definition) is 0. The zero-order chi connectivity index (χ0) is 11.1.